The largest absolute Gasteiger partial charge is 1.00 e. The molecule has 0 rings (SSSR count). The van der Waals surface area contributed by atoms with E-state index in [1.165, 1.54) is 0 Å². The number of aliphatic hydroxyl groups is 1. The molecule has 0 saturated carbocycles. The molecule has 1 atom stereocenters. The average molecular weight is 316 g/mol. The smallest absolute Gasteiger partial charge is 1.00 e. The molecule has 0 amide bonds. The molecule has 0 aliphatic heterocycles. The number of aliphatic carboxylic acids is 3. The van der Waals surface area contributed by atoms with Crippen LogP contribution in [-0.4, -0.2) is 55.9 Å². The summed E-state index contributed by atoms with van der Waals surface area (Å²) in [5, 5.41) is 34.8. The van der Waals surface area contributed by atoms with Crippen LogP contribution in [0.4, 0.5) is 0 Å². The van der Waals surface area contributed by atoms with Gasteiger partial charge in [-0.05, 0) is 0 Å². The van der Waals surface area contributed by atoms with Gasteiger partial charge in [-0.2, -0.15) is 0 Å². The van der Waals surface area contributed by atoms with Gasteiger partial charge in [0.25, 0.3) is 0 Å². The third kappa shape index (κ3) is 9.13. The Morgan fingerprint density at radius 3 is 1.76 bits per heavy atom. The van der Waals surface area contributed by atoms with E-state index < -0.39 is 61.1 Å². The zero-order chi connectivity index (χ0) is 15.9. The van der Waals surface area contributed by atoms with Gasteiger partial charge < -0.3 is 26.6 Å². The Bertz CT molecular complexity index is 451. The van der Waals surface area contributed by atoms with Crippen molar-refractivity contribution in [3.8, 4) is 0 Å². The van der Waals surface area contributed by atoms with Gasteiger partial charge in [-0.3, -0.25) is 19.2 Å². The number of ether oxygens (including phenoxy) is 1. The summed E-state index contributed by atoms with van der Waals surface area (Å²) < 4.78 is 4.07. The SMILES string of the molecule is O=C(O)CCC(=O)OC(=O)CC(O)(CC(=O)O)C(=O)O.[H-].[Na+]. The maximum atomic E-state index is 11.2. The molecule has 10 nitrogen and oxygen atoms in total. The van der Waals surface area contributed by atoms with Gasteiger partial charge in [-0.1, -0.05) is 0 Å². The fourth-order valence-electron chi connectivity index (χ4n) is 1.13. The number of esters is 2. The van der Waals surface area contributed by atoms with Gasteiger partial charge in [0.2, 0.25) is 0 Å². The van der Waals surface area contributed by atoms with Crippen LogP contribution in [0.5, 0.6) is 0 Å². The van der Waals surface area contributed by atoms with Crippen LogP contribution in [-0.2, 0) is 28.7 Å². The van der Waals surface area contributed by atoms with Crippen molar-refractivity contribution in [2.24, 2.45) is 0 Å². The Hall–Kier alpha value is -1.49. The van der Waals surface area contributed by atoms with E-state index >= 15 is 0 Å². The molecule has 0 aliphatic rings. The molecule has 1 unspecified atom stereocenters. The molecule has 0 bridgehead atoms. The normalized spacial score (nSPS) is 12.4. The minimum Gasteiger partial charge on any atom is -1.00 e. The van der Waals surface area contributed by atoms with Gasteiger partial charge in [0, 0.05) is 0 Å². The molecule has 0 saturated heterocycles. The fourth-order valence-corrected chi connectivity index (χ4v) is 1.13. The predicted molar refractivity (Wildman–Crippen MR) is 58.5 cm³/mol. The van der Waals surface area contributed by atoms with E-state index in [1.54, 1.807) is 0 Å². The number of hydrogen-bond donors (Lipinski definition) is 4. The van der Waals surface area contributed by atoms with Gasteiger partial charge in [0.05, 0.1) is 25.7 Å². The summed E-state index contributed by atoms with van der Waals surface area (Å²) in [5.74, 6) is -7.62. The summed E-state index contributed by atoms with van der Waals surface area (Å²) in [7, 11) is 0. The molecule has 0 aromatic carbocycles. The number of rotatable bonds is 8. The molecule has 11 heteroatoms. The van der Waals surface area contributed by atoms with Crippen LogP contribution in [0.15, 0.2) is 0 Å². The average Bonchev–Trinajstić information content (AvgIpc) is 2.24. The van der Waals surface area contributed by atoms with Crippen LogP contribution in [0.1, 0.15) is 27.1 Å². The van der Waals surface area contributed by atoms with Crippen molar-refractivity contribution in [3.05, 3.63) is 0 Å². The molecular formula is C10H13NaO10. The van der Waals surface area contributed by atoms with Crippen LogP contribution in [0.2, 0.25) is 0 Å². The molecule has 0 aromatic heterocycles. The first-order chi connectivity index (χ1) is 9.06. The molecule has 0 aromatic rings. The van der Waals surface area contributed by atoms with Crippen molar-refractivity contribution >= 4 is 29.8 Å². The van der Waals surface area contributed by atoms with Gasteiger partial charge in [-0.25, -0.2) is 4.79 Å². The van der Waals surface area contributed by atoms with Crippen LogP contribution in [0.3, 0.4) is 0 Å². The standard InChI is InChI=1S/C10H12O10.Na.H/c11-5(12)1-2-7(15)20-8(16)4-10(19,9(17)18)3-6(13)14;;/h19H,1-4H2,(H,11,12)(H,13,14)(H,17,18);;/q;+1;-1. The quantitative estimate of drug-likeness (QED) is 0.195. The van der Waals surface area contributed by atoms with Crippen molar-refractivity contribution in [1.82, 2.24) is 0 Å². The van der Waals surface area contributed by atoms with Crippen molar-refractivity contribution in [3.63, 3.8) is 0 Å². The minimum absolute atomic E-state index is 0. The molecule has 0 aliphatic carbocycles. The van der Waals surface area contributed by atoms with E-state index in [1.807, 2.05) is 0 Å². The molecular weight excluding hydrogens is 303 g/mol. The van der Waals surface area contributed by atoms with Crippen molar-refractivity contribution in [1.29, 1.82) is 0 Å². The Morgan fingerprint density at radius 1 is 0.857 bits per heavy atom. The van der Waals surface area contributed by atoms with E-state index in [2.05, 4.69) is 4.74 Å². The number of carbonyl (C=O) groups excluding carboxylic acids is 2. The third-order valence-electron chi connectivity index (χ3n) is 2.05. The van der Waals surface area contributed by atoms with E-state index in [0.717, 1.165) is 0 Å². The Balaban J connectivity index is -0.00000180. The second-order valence-electron chi connectivity index (χ2n) is 3.82. The summed E-state index contributed by atoms with van der Waals surface area (Å²) in [4.78, 5) is 53.4. The third-order valence-corrected chi connectivity index (χ3v) is 2.05. The maximum absolute atomic E-state index is 11.2. The number of carboxylic acids is 3. The van der Waals surface area contributed by atoms with E-state index in [0.29, 0.717) is 0 Å². The van der Waals surface area contributed by atoms with Crippen LogP contribution >= 0.6 is 0 Å². The van der Waals surface area contributed by atoms with Crippen molar-refractivity contribution in [2.75, 3.05) is 0 Å². The van der Waals surface area contributed by atoms with Gasteiger partial charge in [0.15, 0.2) is 5.60 Å². The summed E-state index contributed by atoms with van der Waals surface area (Å²) in [6.45, 7) is 0. The van der Waals surface area contributed by atoms with Gasteiger partial charge in [0.1, 0.15) is 0 Å². The van der Waals surface area contributed by atoms with Crippen LogP contribution in [0.25, 0.3) is 0 Å². The molecule has 0 fully saturated rings. The fraction of sp³-hybridized carbons (Fsp3) is 0.500. The Morgan fingerprint density at radius 2 is 1.38 bits per heavy atom. The first-order valence-corrected chi connectivity index (χ1v) is 5.19. The molecule has 0 heterocycles. The Kier molecular flexibility index (Phi) is 9.81. The van der Waals surface area contributed by atoms with Crippen molar-refractivity contribution < 1.29 is 80.1 Å². The molecule has 21 heavy (non-hydrogen) atoms. The predicted octanol–water partition coefficient (Wildman–Crippen LogP) is -4.28. The molecule has 0 spiro atoms. The summed E-state index contributed by atoms with van der Waals surface area (Å²) in [6, 6.07) is 0. The van der Waals surface area contributed by atoms with E-state index in [-0.39, 0.29) is 31.0 Å². The summed E-state index contributed by atoms with van der Waals surface area (Å²) >= 11 is 0. The molecule has 114 valence electrons. The van der Waals surface area contributed by atoms with Gasteiger partial charge >= 0.3 is 59.4 Å². The van der Waals surface area contributed by atoms with Crippen molar-refractivity contribution in [2.45, 2.75) is 31.3 Å². The van der Waals surface area contributed by atoms with Crippen LogP contribution in [0, 0.1) is 0 Å². The zero-order valence-corrected chi connectivity index (χ0v) is 13.1. The second-order valence-corrected chi connectivity index (χ2v) is 3.82. The number of hydrogen-bond acceptors (Lipinski definition) is 7. The Labute approximate surface area is 141 Å². The van der Waals surface area contributed by atoms with Gasteiger partial charge in [-0.15, -0.1) is 0 Å². The number of carbonyl (C=O) groups is 5. The first-order valence-electron chi connectivity index (χ1n) is 5.19. The minimum atomic E-state index is -2.91. The second kappa shape index (κ2) is 9.45. The summed E-state index contributed by atoms with van der Waals surface area (Å²) in [5.41, 5.74) is -2.91. The molecule has 0 radical (unpaired) electrons. The molecule has 4 N–H and O–H groups in total. The first kappa shape index (κ1) is 21.8. The monoisotopic (exact) mass is 316 g/mol. The zero-order valence-electron chi connectivity index (χ0n) is 12.1. The maximum Gasteiger partial charge on any atom is 1.00 e. The summed E-state index contributed by atoms with van der Waals surface area (Å²) in [6.07, 6.45) is -3.73. The van der Waals surface area contributed by atoms with E-state index in [4.69, 9.17) is 15.3 Å². The van der Waals surface area contributed by atoms with Crippen LogP contribution < -0.4 is 29.6 Å². The topological polar surface area (TPSA) is 175 Å². The number of carboxylic acid groups (broad SMARTS) is 3. The van der Waals surface area contributed by atoms with E-state index in [9.17, 15) is 29.1 Å².